The van der Waals surface area contributed by atoms with Crippen molar-refractivity contribution in [2.45, 2.75) is 13.3 Å². The van der Waals surface area contributed by atoms with Crippen LogP contribution in [0.2, 0.25) is 5.02 Å². The quantitative estimate of drug-likeness (QED) is 0.809. The van der Waals surface area contributed by atoms with Gasteiger partial charge in [-0.2, -0.15) is 0 Å². The highest BCUT2D eigenvalue weighted by atomic mass is 35.5. The van der Waals surface area contributed by atoms with Crippen molar-refractivity contribution in [2.24, 2.45) is 0 Å². The second-order valence-corrected chi connectivity index (χ2v) is 4.72. The second kappa shape index (κ2) is 5.93. The highest BCUT2D eigenvalue weighted by Crippen LogP contribution is 2.28. The molecule has 2 rings (SSSR count). The third-order valence-electron chi connectivity index (χ3n) is 2.14. The molecule has 4 nitrogen and oxygen atoms in total. The van der Waals surface area contributed by atoms with Crippen molar-refractivity contribution < 1.29 is 9.53 Å². The minimum atomic E-state index is -0.276. The van der Waals surface area contributed by atoms with Crippen LogP contribution in [-0.4, -0.2) is 22.5 Å². The van der Waals surface area contributed by atoms with Crippen molar-refractivity contribution in [3.8, 4) is 10.7 Å². The largest absolute Gasteiger partial charge is 0.466 e. The van der Waals surface area contributed by atoms with Crippen LogP contribution in [0.1, 0.15) is 12.6 Å². The van der Waals surface area contributed by atoms with Gasteiger partial charge in [0.05, 0.1) is 23.7 Å². The molecule has 0 saturated carbocycles. The summed E-state index contributed by atoms with van der Waals surface area (Å²) in [4.78, 5) is 19.8. The van der Waals surface area contributed by atoms with E-state index in [1.165, 1.54) is 11.3 Å². The summed E-state index contributed by atoms with van der Waals surface area (Å²) in [7, 11) is 0. The summed E-state index contributed by atoms with van der Waals surface area (Å²) in [6.45, 7) is 2.15. The standard InChI is InChI=1S/C12H11ClN2O2S/c1-2-17-10(16)6-8-7-18-12(15-8)11-9(13)4-3-5-14-11/h3-5,7H,2,6H2,1H3. The highest BCUT2D eigenvalue weighted by Gasteiger charge is 2.12. The average Bonchev–Trinajstić information content (AvgIpc) is 2.78. The molecule has 0 bridgehead atoms. The van der Waals surface area contributed by atoms with Crippen molar-refractivity contribution in [1.29, 1.82) is 0 Å². The van der Waals surface area contributed by atoms with Crippen molar-refractivity contribution in [3.63, 3.8) is 0 Å². The number of hydrogen-bond donors (Lipinski definition) is 0. The predicted octanol–water partition coefficient (Wildman–Crippen LogP) is 2.96. The molecule has 0 fully saturated rings. The van der Waals surface area contributed by atoms with Crippen molar-refractivity contribution >= 4 is 28.9 Å². The van der Waals surface area contributed by atoms with Crippen molar-refractivity contribution in [1.82, 2.24) is 9.97 Å². The van der Waals surface area contributed by atoms with Gasteiger partial charge in [-0.3, -0.25) is 9.78 Å². The number of hydrogen-bond acceptors (Lipinski definition) is 5. The number of thiazole rings is 1. The van der Waals surface area contributed by atoms with E-state index >= 15 is 0 Å². The lowest BCUT2D eigenvalue weighted by Crippen LogP contribution is -2.07. The lowest BCUT2D eigenvalue weighted by molar-refractivity contribution is -0.142. The summed E-state index contributed by atoms with van der Waals surface area (Å²) >= 11 is 7.45. The summed E-state index contributed by atoms with van der Waals surface area (Å²) in [5.74, 6) is -0.276. The number of pyridine rings is 1. The van der Waals surface area contributed by atoms with Gasteiger partial charge in [0.15, 0.2) is 0 Å². The molecule has 2 heterocycles. The molecule has 0 amide bonds. The summed E-state index contributed by atoms with van der Waals surface area (Å²) < 4.78 is 4.87. The predicted molar refractivity (Wildman–Crippen MR) is 70.7 cm³/mol. The van der Waals surface area contributed by atoms with E-state index in [2.05, 4.69) is 9.97 Å². The Morgan fingerprint density at radius 3 is 3.11 bits per heavy atom. The Balaban J connectivity index is 2.16. The van der Waals surface area contributed by atoms with Gasteiger partial charge in [0.25, 0.3) is 0 Å². The molecule has 18 heavy (non-hydrogen) atoms. The zero-order valence-corrected chi connectivity index (χ0v) is 11.3. The van der Waals surface area contributed by atoms with Crippen LogP contribution in [0, 0.1) is 0 Å². The summed E-state index contributed by atoms with van der Waals surface area (Å²) in [6.07, 6.45) is 1.84. The number of esters is 1. The molecule has 0 spiro atoms. The zero-order chi connectivity index (χ0) is 13.0. The maximum absolute atomic E-state index is 11.3. The first-order valence-corrected chi connectivity index (χ1v) is 6.67. The molecule has 0 aliphatic rings. The molecule has 0 aliphatic heterocycles. The maximum atomic E-state index is 11.3. The fourth-order valence-corrected chi connectivity index (χ4v) is 2.49. The van der Waals surface area contributed by atoms with E-state index < -0.39 is 0 Å². The second-order valence-electron chi connectivity index (χ2n) is 3.46. The summed E-state index contributed by atoms with van der Waals surface area (Å²) in [6, 6.07) is 3.52. The Labute approximate surface area is 114 Å². The van der Waals surface area contributed by atoms with Crippen molar-refractivity contribution in [3.05, 3.63) is 34.4 Å². The van der Waals surface area contributed by atoms with E-state index in [4.69, 9.17) is 16.3 Å². The van der Waals surface area contributed by atoms with Crippen LogP contribution in [0.4, 0.5) is 0 Å². The molecule has 0 radical (unpaired) electrons. The molecular weight excluding hydrogens is 272 g/mol. The molecule has 2 aromatic heterocycles. The van der Waals surface area contributed by atoms with E-state index in [0.717, 1.165) is 0 Å². The van der Waals surface area contributed by atoms with Crippen LogP contribution in [0.3, 0.4) is 0 Å². The third-order valence-corrected chi connectivity index (χ3v) is 3.35. The number of rotatable bonds is 4. The van der Waals surface area contributed by atoms with E-state index in [0.29, 0.717) is 28.0 Å². The summed E-state index contributed by atoms with van der Waals surface area (Å²) in [5.41, 5.74) is 1.31. The van der Waals surface area contributed by atoms with Gasteiger partial charge in [0, 0.05) is 11.6 Å². The number of carbonyl (C=O) groups is 1. The van der Waals surface area contributed by atoms with Crippen LogP contribution in [-0.2, 0) is 16.0 Å². The fourth-order valence-electron chi connectivity index (χ4n) is 1.40. The fraction of sp³-hybridized carbons (Fsp3) is 0.250. The van der Waals surface area contributed by atoms with Crippen LogP contribution in [0.15, 0.2) is 23.7 Å². The van der Waals surface area contributed by atoms with E-state index in [9.17, 15) is 4.79 Å². The molecule has 0 aliphatic carbocycles. The highest BCUT2D eigenvalue weighted by molar-refractivity contribution is 7.13. The number of nitrogens with zero attached hydrogens (tertiary/aromatic N) is 2. The number of halogens is 1. The van der Waals surface area contributed by atoms with Crippen LogP contribution >= 0.6 is 22.9 Å². The zero-order valence-electron chi connectivity index (χ0n) is 9.72. The minimum absolute atomic E-state index is 0.175. The normalized spacial score (nSPS) is 10.3. The van der Waals surface area contributed by atoms with Crippen molar-refractivity contribution in [2.75, 3.05) is 6.61 Å². The molecular formula is C12H11ClN2O2S. The van der Waals surface area contributed by atoms with Crippen LogP contribution in [0.5, 0.6) is 0 Å². The Morgan fingerprint density at radius 2 is 2.39 bits per heavy atom. The topological polar surface area (TPSA) is 52.1 Å². The molecule has 0 N–H and O–H groups in total. The van der Waals surface area contributed by atoms with Crippen LogP contribution in [0.25, 0.3) is 10.7 Å². The van der Waals surface area contributed by atoms with Gasteiger partial charge >= 0.3 is 5.97 Å². The van der Waals surface area contributed by atoms with Gasteiger partial charge in [0.2, 0.25) is 0 Å². The summed E-state index contributed by atoms with van der Waals surface area (Å²) in [5, 5.41) is 3.08. The Morgan fingerprint density at radius 1 is 1.56 bits per heavy atom. The van der Waals surface area contributed by atoms with Gasteiger partial charge in [-0.05, 0) is 19.1 Å². The lowest BCUT2D eigenvalue weighted by Gasteiger charge is -1.99. The SMILES string of the molecule is CCOC(=O)Cc1csc(-c2ncccc2Cl)n1. The van der Waals surface area contributed by atoms with E-state index in [-0.39, 0.29) is 12.4 Å². The van der Waals surface area contributed by atoms with Crippen LogP contribution < -0.4 is 0 Å². The van der Waals surface area contributed by atoms with Gasteiger partial charge in [-0.25, -0.2) is 4.98 Å². The third kappa shape index (κ3) is 3.05. The molecule has 0 aromatic carbocycles. The first-order valence-electron chi connectivity index (χ1n) is 5.41. The minimum Gasteiger partial charge on any atom is -0.466 e. The molecule has 94 valence electrons. The number of aromatic nitrogens is 2. The van der Waals surface area contributed by atoms with E-state index in [1.807, 2.05) is 5.38 Å². The molecule has 0 unspecified atom stereocenters. The van der Waals surface area contributed by atoms with Gasteiger partial charge in [-0.1, -0.05) is 11.6 Å². The molecule has 0 saturated heterocycles. The molecule has 2 aromatic rings. The Kier molecular flexibility index (Phi) is 4.28. The monoisotopic (exact) mass is 282 g/mol. The smallest absolute Gasteiger partial charge is 0.311 e. The van der Waals surface area contributed by atoms with Gasteiger partial charge in [0.1, 0.15) is 10.7 Å². The van der Waals surface area contributed by atoms with Gasteiger partial charge < -0.3 is 4.74 Å². The molecule has 0 atom stereocenters. The Hall–Kier alpha value is -1.46. The van der Waals surface area contributed by atoms with E-state index in [1.54, 1.807) is 25.3 Å². The lowest BCUT2D eigenvalue weighted by atomic mass is 10.3. The Bertz CT molecular complexity index is 557. The first-order chi connectivity index (χ1) is 8.70. The number of carbonyl (C=O) groups excluding carboxylic acids is 1. The molecule has 6 heteroatoms. The van der Waals surface area contributed by atoms with Gasteiger partial charge in [-0.15, -0.1) is 11.3 Å². The number of ether oxygens (including phenoxy) is 1. The maximum Gasteiger partial charge on any atom is 0.311 e. The first kappa shape index (κ1) is 13.0. The average molecular weight is 283 g/mol.